The molecular formula is C25H28N2O2. The van der Waals surface area contributed by atoms with Crippen LogP contribution in [0.1, 0.15) is 16.7 Å². The number of ether oxygens (including phenoxy) is 1. The quantitative estimate of drug-likeness (QED) is 0.687. The van der Waals surface area contributed by atoms with Crippen molar-refractivity contribution in [1.29, 1.82) is 0 Å². The summed E-state index contributed by atoms with van der Waals surface area (Å²) in [5, 5.41) is 12.1. The Labute approximate surface area is 173 Å². The summed E-state index contributed by atoms with van der Waals surface area (Å²) in [6.07, 6.45) is 0.507. The normalized spacial score (nSPS) is 17.8. The van der Waals surface area contributed by atoms with E-state index in [-0.39, 0.29) is 0 Å². The molecule has 0 saturated heterocycles. The molecule has 1 atom stereocenters. The molecule has 4 nitrogen and oxygen atoms in total. The maximum Gasteiger partial charge on any atom is 0.123 e. The summed E-state index contributed by atoms with van der Waals surface area (Å²) >= 11 is 0. The first-order chi connectivity index (χ1) is 14.0. The van der Waals surface area contributed by atoms with Gasteiger partial charge in [0.2, 0.25) is 0 Å². The molecule has 3 aromatic carbocycles. The van der Waals surface area contributed by atoms with Gasteiger partial charge < -0.3 is 19.6 Å². The van der Waals surface area contributed by atoms with Crippen LogP contribution in [0, 0.1) is 0 Å². The molecule has 1 heterocycles. The molecule has 0 amide bonds. The second-order valence-corrected chi connectivity index (χ2v) is 7.93. The average Bonchev–Trinajstić information content (AvgIpc) is 2.73. The predicted octanol–water partition coefficient (Wildman–Crippen LogP) is 4.19. The van der Waals surface area contributed by atoms with Crippen molar-refractivity contribution < 1.29 is 9.84 Å². The van der Waals surface area contributed by atoms with Crippen LogP contribution in [-0.4, -0.2) is 44.3 Å². The van der Waals surface area contributed by atoms with Crippen molar-refractivity contribution in [2.24, 2.45) is 0 Å². The highest BCUT2D eigenvalue weighted by molar-refractivity contribution is 5.77. The second kappa shape index (κ2) is 7.90. The highest BCUT2D eigenvalue weighted by atomic mass is 16.5. The molecule has 4 heteroatoms. The number of fused-ring (bicyclic) bond motifs is 2. The number of rotatable bonds is 6. The molecule has 1 aliphatic heterocycles. The Bertz CT molecular complexity index is 987. The van der Waals surface area contributed by atoms with E-state index >= 15 is 0 Å². The Kier molecular flexibility index (Phi) is 5.31. The van der Waals surface area contributed by atoms with Gasteiger partial charge in [0.15, 0.2) is 0 Å². The van der Waals surface area contributed by atoms with Crippen LogP contribution in [-0.2, 0) is 12.0 Å². The Hall–Kier alpha value is -2.82. The summed E-state index contributed by atoms with van der Waals surface area (Å²) in [6.45, 7) is 1.45. The minimum Gasteiger partial charge on any atom is -0.492 e. The zero-order valence-electron chi connectivity index (χ0n) is 17.3. The van der Waals surface area contributed by atoms with Crippen molar-refractivity contribution >= 4 is 11.4 Å². The molecule has 0 aliphatic carbocycles. The Balaban J connectivity index is 1.79. The van der Waals surface area contributed by atoms with Crippen molar-refractivity contribution in [1.82, 2.24) is 4.90 Å². The lowest BCUT2D eigenvalue weighted by Gasteiger charge is -2.41. The number of hydrogen-bond donors (Lipinski definition) is 1. The van der Waals surface area contributed by atoms with Gasteiger partial charge >= 0.3 is 0 Å². The van der Waals surface area contributed by atoms with Gasteiger partial charge in [0.25, 0.3) is 0 Å². The Morgan fingerprint density at radius 2 is 1.59 bits per heavy atom. The first kappa shape index (κ1) is 19.5. The Morgan fingerprint density at radius 3 is 2.34 bits per heavy atom. The molecule has 0 radical (unpaired) electrons. The van der Waals surface area contributed by atoms with Gasteiger partial charge in [-0.2, -0.15) is 0 Å². The van der Waals surface area contributed by atoms with E-state index in [2.05, 4.69) is 28.0 Å². The molecule has 0 spiro atoms. The number of para-hydroxylation sites is 1. The molecule has 4 rings (SSSR count). The summed E-state index contributed by atoms with van der Waals surface area (Å²) < 4.78 is 5.98. The van der Waals surface area contributed by atoms with Crippen LogP contribution >= 0.6 is 0 Å². The largest absolute Gasteiger partial charge is 0.492 e. The highest BCUT2D eigenvalue weighted by Gasteiger charge is 2.41. The number of aliphatic hydroxyl groups is 1. The van der Waals surface area contributed by atoms with E-state index in [4.69, 9.17) is 4.74 Å². The zero-order valence-corrected chi connectivity index (χ0v) is 17.3. The maximum absolute atomic E-state index is 12.1. The average molecular weight is 389 g/mol. The lowest BCUT2D eigenvalue weighted by atomic mass is 9.77. The fourth-order valence-corrected chi connectivity index (χ4v) is 4.05. The number of likely N-dealkylation sites (N-methyl/N-ethyl adjacent to an activating group) is 1. The van der Waals surface area contributed by atoms with E-state index in [0.717, 1.165) is 40.4 Å². The van der Waals surface area contributed by atoms with Gasteiger partial charge in [-0.3, -0.25) is 0 Å². The van der Waals surface area contributed by atoms with E-state index in [1.807, 2.05) is 75.7 Å². The van der Waals surface area contributed by atoms with E-state index in [0.29, 0.717) is 13.0 Å². The summed E-state index contributed by atoms with van der Waals surface area (Å²) in [6, 6.07) is 24.3. The zero-order chi connectivity index (χ0) is 20.4. The van der Waals surface area contributed by atoms with Crippen LogP contribution in [0.4, 0.5) is 11.4 Å². The van der Waals surface area contributed by atoms with Crippen LogP contribution in [0.25, 0.3) is 0 Å². The van der Waals surface area contributed by atoms with Crippen molar-refractivity contribution in [3.8, 4) is 5.75 Å². The standard InChI is InChI=1S/C25H28N2O2/c1-26(2)15-16-29-20-13-14-24-22(17-20)25(28,18-19-9-5-4-6-10-19)21-11-7-8-12-23(21)27(24)3/h4-14,17,28H,15-16,18H2,1-3H3. The molecule has 1 unspecified atom stereocenters. The van der Waals surface area contributed by atoms with Crippen molar-refractivity contribution in [2.45, 2.75) is 12.0 Å². The minimum absolute atomic E-state index is 0.507. The molecule has 3 aromatic rings. The lowest BCUT2D eigenvalue weighted by Crippen LogP contribution is -2.37. The predicted molar refractivity (Wildman–Crippen MR) is 118 cm³/mol. The SMILES string of the molecule is CN(C)CCOc1ccc2c(c1)C(O)(Cc1ccccc1)c1ccccc1N2C. The summed E-state index contributed by atoms with van der Waals surface area (Å²) in [4.78, 5) is 4.24. The van der Waals surface area contributed by atoms with E-state index in [9.17, 15) is 5.11 Å². The van der Waals surface area contributed by atoms with Gasteiger partial charge in [0.05, 0.1) is 0 Å². The van der Waals surface area contributed by atoms with Crippen LogP contribution in [0.15, 0.2) is 72.8 Å². The van der Waals surface area contributed by atoms with E-state index in [1.165, 1.54) is 0 Å². The maximum atomic E-state index is 12.1. The summed E-state index contributed by atoms with van der Waals surface area (Å²) in [7, 11) is 6.10. The number of benzene rings is 3. The smallest absolute Gasteiger partial charge is 0.123 e. The fraction of sp³-hybridized carbons (Fsp3) is 0.280. The van der Waals surface area contributed by atoms with Gasteiger partial charge in [-0.15, -0.1) is 0 Å². The fourth-order valence-electron chi connectivity index (χ4n) is 4.05. The highest BCUT2D eigenvalue weighted by Crippen LogP contribution is 2.49. The van der Waals surface area contributed by atoms with Crippen molar-refractivity contribution in [2.75, 3.05) is 39.2 Å². The number of nitrogens with zero attached hydrogens (tertiary/aromatic N) is 2. The molecule has 1 N–H and O–H groups in total. The van der Waals surface area contributed by atoms with Gasteiger partial charge in [0, 0.05) is 42.5 Å². The van der Waals surface area contributed by atoms with E-state index in [1.54, 1.807) is 0 Å². The third-order valence-electron chi connectivity index (χ3n) is 5.60. The number of hydrogen-bond acceptors (Lipinski definition) is 4. The minimum atomic E-state index is -1.12. The van der Waals surface area contributed by atoms with Crippen LogP contribution in [0.2, 0.25) is 0 Å². The molecule has 29 heavy (non-hydrogen) atoms. The van der Waals surface area contributed by atoms with Crippen LogP contribution in [0.5, 0.6) is 5.75 Å². The first-order valence-electron chi connectivity index (χ1n) is 10.0. The van der Waals surface area contributed by atoms with Gasteiger partial charge in [0.1, 0.15) is 18.0 Å². The Morgan fingerprint density at radius 1 is 0.897 bits per heavy atom. The van der Waals surface area contributed by atoms with Crippen LogP contribution < -0.4 is 9.64 Å². The van der Waals surface area contributed by atoms with Crippen LogP contribution in [0.3, 0.4) is 0 Å². The third-order valence-corrected chi connectivity index (χ3v) is 5.60. The van der Waals surface area contributed by atoms with Crippen molar-refractivity contribution in [3.05, 3.63) is 89.5 Å². The molecular weight excluding hydrogens is 360 g/mol. The molecule has 1 aliphatic rings. The van der Waals surface area contributed by atoms with Gasteiger partial charge in [-0.25, -0.2) is 0 Å². The number of anilines is 2. The molecule has 150 valence electrons. The molecule has 0 saturated carbocycles. The monoisotopic (exact) mass is 388 g/mol. The molecule has 0 aromatic heterocycles. The second-order valence-electron chi connectivity index (χ2n) is 7.93. The topological polar surface area (TPSA) is 35.9 Å². The lowest BCUT2D eigenvalue weighted by molar-refractivity contribution is 0.0801. The van der Waals surface area contributed by atoms with Crippen molar-refractivity contribution in [3.63, 3.8) is 0 Å². The third kappa shape index (κ3) is 3.74. The summed E-state index contributed by atoms with van der Waals surface area (Å²) in [5.41, 5.74) is 3.80. The van der Waals surface area contributed by atoms with E-state index < -0.39 is 5.60 Å². The first-order valence-corrected chi connectivity index (χ1v) is 10.0. The molecule has 0 bridgehead atoms. The molecule has 0 fully saturated rings. The van der Waals surface area contributed by atoms with Gasteiger partial charge in [-0.05, 0) is 43.9 Å². The summed E-state index contributed by atoms with van der Waals surface area (Å²) in [5.74, 6) is 0.782. The van der Waals surface area contributed by atoms with Gasteiger partial charge in [-0.1, -0.05) is 48.5 Å².